The maximum atomic E-state index is 9.45. The van der Waals surface area contributed by atoms with Crippen molar-refractivity contribution in [1.82, 2.24) is 15.0 Å². The maximum absolute atomic E-state index is 9.45. The topological polar surface area (TPSA) is 79.1 Å². The van der Waals surface area contributed by atoms with E-state index in [2.05, 4.69) is 26.4 Å². The van der Waals surface area contributed by atoms with Gasteiger partial charge in [0.15, 0.2) is 17.5 Å². The number of nitrogens with zero attached hydrogens (tertiary/aromatic N) is 3. The SMILES string of the molecule is OB(O)c1cccc(-c2nc(C3=C=C=CC=C3)nc(-c3ccccc3)n2)c1. The smallest absolute Gasteiger partial charge is 0.423 e. The van der Waals surface area contributed by atoms with Gasteiger partial charge in [-0.25, -0.2) is 15.0 Å². The first kappa shape index (κ1) is 16.9. The third-order valence-electron chi connectivity index (χ3n) is 4.00. The first-order valence-corrected chi connectivity index (χ1v) is 8.37. The highest BCUT2D eigenvalue weighted by atomic mass is 16.4. The highest BCUT2D eigenvalue weighted by Crippen LogP contribution is 2.22. The molecule has 0 aliphatic heterocycles. The summed E-state index contributed by atoms with van der Waals surface area (Å²) >= 11 is 0. The molecule has 5 nitrogen and oxygen atoms in total. The molecule has 6 heteroatoms. The molecular formula is C21H14BN3O2. The second kappa shape index (κ2) is 7.38. The van der Waals surface area contributed by atoms with Crippen LogP contribution < -0.4 is 5.46 Å². The zero-order chi connectivity index (χ0) is 18.6. The van der Waals surface area contributed by atoms with E-state index in [9.17, 15) is 10.0 Å². The Balaban J connectivity index is 1.91. The largest absolute Gasteiger partial charge is 0.488 e. The molecule has 1 aliphatic rings. The summed E-state index contributed by atoms with van der Waals surface area (Å²) in [4.78, 5) is 13.7. The molecule has 128 valence electrons. The van der Waals surface area contributed by atoms with Crippen LogP contribution in [-0.2, 0) is 0 Å². The molecule has 0 saturated heterocycles. The van der Waals surface area contributed by atoms with Crippen molar-refractivity contribution in [2.24, 2.45) is 0 Å². The monoisotopic (exact) mass is 351 g/mol. The maximum Gasteiger partial charge on any atom is 0.488 e. The van der Waals surface area contributed by atoms with Crippen molar-refractivity contribution in [1.29, 1.82) is 0 Å². The van der Waals surface area contributed by atoms with E-state index in [0.29, 0.717) is 34.1 Å². The molecular weight excluding hydrogens is 337 g/mol. The van der Waals surface area contributed by atoms with E-state index in [-0.39, 0.29) is 0 Å². The van der Waals surface area contributed by atoms with E-state index in [4.69, 9.17) is 0 Å². The lowest BCUT2D eigenvalue weighted by Gasteiger charge is -2.09. The Kier molecular flexibility index (Phi) is 4.62. The summed E-state index contributed by atoms with van der Waals surface area (Å²) in [5.41, 5.74) is 8.53. The van der Waals surface area contributed by atoms with E-state index in [1.807, 2.05) is 48.6 Å². The van der Waals surface area contributed by atoms with Gasteiger partial charge in [-0.3, -0.25) is 0 Å². The van der Waals surface area contributed by atoms with Gasteiger partial charge in [-0.2, -0.15) is 0 Å². The molecule has 1 heterocycles. The van der Waals surface area contributed by atoms with Gasteiger partial charge in [0.2, 0.25) is 0 Å². The molecule has 3 aromatic rings. The molecule has 0 bridgehead atoms. The molecule has 0 atom stereocenters. The summed E-state index contributed by atoms with van der Waals surface area (Å²) in [7, 11) is -1.56. The van der Waals surface area contributed by atoms with Gasteiger partial charge in [0.25, 0.3) is 0 Å². The minimum absolute atomic E-state index is 0.371. The summed E-state index contributed by atoms with van der Waals surface area (Å²) in [6, 6.07) is 16.5. The van der Waals surface area contributed by atoms with E-state index in [1.165, 1.54) is 0 Å². The zero-order valence-corrected chi connectivity index (χ0v) is 14.2. The predicted molar refractivity (Wildman–Crippen MR) is 105 cm³/mol. The molecule has 0 amide bonds. The Morgan fingerprint density at radius 2 is 1.48 bits per heavy atom. The highest BCUT2D eigenvalue weighted by Gasteiger charge is 2.15. The van der Waals surface area contributed by atoms with Crippen LogP contribution in [0.1, 0.15) is 5.82 Å². The quantitative estimate of drug-likeness (QED) is 0.556. The fraction of sp³-hybridized carbons (Fsp3) is 0. The molecule has 0 spiro atoms. The molecule has 4 rings (SSSR count). The van der Waals surface area contributed by atoms with Gasteiger partial charge in [0.05, 0.1) is 5.57 Å². The van der Waals surface area contributed by atoms with Crippen molar-refractivity contribution in [3.05, 3.63) is 90.1 Å². The lowest BCUT2D eigenvalue weighted by molar-refractivity contribution is 0.426. The minimum atomic E-state index is -1.56. The van der Waals surface area contributed by atoms with Crippen LogP contribution in [0.15, 0.2) is 84.3 Å². The summed E-state index contributed by atoms with van der Waals surface area (Å²) in [5, 5.41) is 18.9. The Morgan fingerprint density at radius 1 is 0.778 bits per heavy atom. The Bertz CT molecular complexity index is 1130. The normalized spacial score (nSPS) is 12.1. The third kappa shape index (κ3) is 3.70. The molecule has 0 radical (unpaired) electrons. The Hall–Kier alpha value is -3.53. The third-order valence-corrected chi connectivity index (χ3v) is 4.00. The van der Waals surface area contributed by atoms with E-state index in [1.54, 1.807) is 24.3 Å². The summed E-state index contributed by atoms with van der Waals surface area (Å²) in [6.45, 7) is 0. The van der Waals surface area contributed by atoms with Crippen LogP contribution in [-0.4, -0.2) is 32.1 Å². The summed E-state index contributed by atoms with van der Waals surface area (Å²) < 4.78 is 0. The van der Waals surface area contributed by atoms with Crippen LogP contribution in [0.25, 0.3) is 28.3 Å². The van der Waals surface area contributed by atoms with E-state index in [0.717, 1.165) is 5.56 Å². The molecule has 2 aromatic carbocycles. The van der Waals surface area contributed by atoms with Crippen molar-refractivity contribution >= 4 is 18.2 Å². The van der Waals surface area contributed by atoms with E-state index < -0.39 is 7.12 Å². The van der Waals surface area contributed by atoms with Crippen molar-refractivity contribution in [2.45, 2.75) is 0 Å². The first-order valence-electron chi connectivity index (χ1n) is 8.37. The number of benzene rings is 2. The molecule has 0 unspecified atom stereocenters. The standard InChI is InChI=1S/C21H14BN3O2/c26-22(27)18-13-7-12-17(14-18)21-24-19(15-8-3-1-4-9-15)23-20(25-21)16-10-5-2-6-11-16/h1-5,7-10,12-14,26-27H. The summed E-state index contributed by atoms with van der Waals surface area (Å²) in [6.07, 6.45) is 5.47. The van der Waals surface area contributed by atoms with Crippen LogP contribution >= 0.6 is 0 Å². The zero-order valence-electron chi connectivity index (χ0n) is 14.2. The second-order valence-electron chi connectivity index (χ2n) is 5.88. The summed E-state index contributed by atoms with van der Waals surface area (Å²) in [5.74, 6) is 1.45. The van der Waals surface area contributed by atoms with Crippen LogP contribution in [0.4, 0.5) is 0 Å². The molecule has 2 N–H and O–H groups in total. The van der Waals surface area contributed by atoms with Gasteiger partial charge in [-0.1, -0.05) is 72.1 Å². The molecule has 1 aliphatic carbocycles. The van der Waals surface area contributed by atoms with Crippen molar-refractivity contribution in [3.63, 3.8) is 0 Å². The van der Waals surface area contributed by atoms with Gasteiger partial charge >= 0.3 is 7.12 Å². The fourth-order valence-corrected chi connectivity index (χ4v) is 2.66. The fourth-order valence-electron chi connectivity index (χ4n) is 2.66. The predicted octanol–water partition coefficient (Wildman–Crippen LogP) is 2.15. The Morgan fingerprint density at radius 3 is 2.19 bits per heavy atom. The van der Waals surface area contributed by atoms with Crippen LogP contribution in [0, 0.1) is 0 Å². The van der Waals surface area contributed by atoms with Crippen molar-refractivity contribution in [3.8, 4) is 22.8 Å². The van der Waals surface area contributed by atoms with Gasteiger partial charge in [-0.05, 0) is 17.6 Å². The van der Waals surface area contributed by atoms with Gasteiger partial charge < -0.3 is 10.0 Å². The van der Waals surface area contributed by atoms with Crippen LogP contribution in [0.3, 0.4) is 0 Å². The van der Waals surface area contributed by atoms with E-state index >= 15 is 0 Å². The van der Waals surface area contributed by atoms with Crippen molar-refractivity contribution in [2.75, 3.05) is 0 Å². The van der Waals surface area contributed by atoms with Crippen LogP contribution in [0.2, 0.25) is 0 Å². The minimum Gasteiger partial charge on any atom is -0.423 e. The number of rotatable bonds is 4. The van der Waals surface area contributed by atoms with Gasteiger partial charge in [0.1, 0.15) is 0 Å². The number of hydrogen-bond acceptors (Lipinski definition) is 5. The van der Waals surface area contributed by atoms with Gasteiger partial charge in [-0.15, -0.1) is 0 Å². The lowest BCUT2D eigenvalue weighted by atomic mass is 9.79. The molecule has 0 fully saturated rings. The van der Waals surface area contributed by atoms with Crippen molar-refractivity contribution < 1.29 is 10.0 Å². The highest BCUT2D eigenvalue weighted by molar-refractivity contribution is 6.58. The average Bonchev–Trinajstić information content (AvgIpc) is 2.75. The lowest BCUT2D eigenvalue weighted by Crippen LogP contribution is -2.29. The van der Waals surface area contributed by atoms with Crippen LogP contribution in [0.5, 0.6) is 0 Å². The molecule has 27 heavy (non-hydrogen) atoms. The second-order valence-corrected chi connectivity index (χ2v) is 5.88. The molecule has 0 saturated carbocycles. The Labute approximate surface area is 156 Å². The first-order chi connectivity index (χ1) is 13.2. The average molecular weight is 351 g/mol. The number of hydrogen-bond donors (Lipinski definition) is 2. The molecule has 1 aromatic heterocycles. The number of allylic oxidation sites excluding steroid dienone is 4. The van der Waals surface area contributed by atoms with Gasteiger partial charge in [0, 0.05) is 11.1 Å². The number of aromatic nitrogens is 3.